The molecule has 2 aliphatic carbocycles. The summed E-state index contributed by atoms with van der Waals surface area (Å²) < 4.78 is 10.9. The fraction of sp³-hybridized carbons (Fsp3) is 0.731. The molecule has 202 valence electrons. The van der Waals surface area contributed by atoms with Gasteiger partial charge in [0.25, 0.3) is 0 Å². The zero-order valence-electron chi connectivity index (χ0n) is 20.9. The molecule has 1 saturated heterocycles. The van der Waals surface area contributed by atoms with Gasteiger partial charge in [0, 0.05) is 18.1 Å². The molecule has 7 N–H and O–H groups in total. The minimum absolute atomic E-state index is 0.110. The molecule has 10 atom stereocenters. The molecule has 10 nitrogen and oxygen atoms in total. The Morgan fingerprint density at radius 3 is 2.44 bits per heavy atom. The Morgan fingerprint density at radius 2 is 1.81 bits per heavy atom. The number of phenols is 1. The van der Waals surface area contributed by atoms with Crippen LogP contribution < -0.4 is 0 Å². The van der Waals surface area contributed by atoms with Crippen molar-refractivity contribution in [3.63, 3.8) is 0 Å². The van der Waals surface area contributed by atoms with E-state index in [0.29, 0.717) is 24.8 Å². The predicted molar refractivity (Wildman–Crippen MR) is 126 cm³/mol. The minimum atomic E-state index is -1.71. The Labute approximate surface area is 210 Å². The van der Waals surface area contributed by atoms with Crippen LogP contribution in [-0.4, -0.2) is 91.7 Å². The summed E-state index contributed by atoms with van der Waals surface area (Å²) in [6.45, 7) is 4.76. The zero-order valence-corrected chi connectivity index (χ0v) is 20.9. The number of ether oxygens (including phenoxy) is 2. The van der Waals surface area contributed by atoms with Gasteiger partial charge in [-0.25, -0.2) is 0 Å². The summed E-state index contributed by atoms with van der Waals surface area (Å²) in [5.74, 6) is -1.15. The van der Waals surface area contributed by atoms with Gasteiger partial charge in [0.2, 0.25) is 6.29 Å². The molecular formula is C26H38O10. The second-order valence-electron chi connectivity index (χ2n) is 11.2. The largest absolute Gasteiger partial charge is 0.508 e. The monoisotopic (exact) mass is 510 g/mol. The van der Waals surface area contributed by atoms with Crippen molar-refractivity contribution in [3.8, 4) is 5.75 Å². The molecule has 1 aromatic rings. The highest BCUT2D eigenvalue weighted by atomic mass is 16.7. The van der Waals surface area contributed by atoms with Crippen molar-refractivity contribution >= 4 is 5.97 Å². The molecular weight excluding hydrogens is 472 g/mol. The lowest BCUT2D eigenvalue weighted by Crippen LogP contribution is -2.61. The van der Waals surface area contributed by atoms with E-state index >= 15 is 0 Å². The Hall–Kier alpha value is -1.79. The molecule has 1 saturated carbocycles. The van der Waals surface area contributed by atoms with E-state index in [-0.39, 0.29) is 30.6 Å². The lowest BCUT2D eigenvalue weighted by atomic mass is 9.49. The number of aromatic hydroxyl groups is 1. The van der Waals surface area contributed by atoms with Crippen LogP contribution in [0.1, 0.15) is 62.6 Å². The molecule has 3 aliphatic rings. The fourth-order valence-electron chi connectivity index (χ4n) is 6.99. The normalized spacial score (nSPS) is 41.2. The molecule has 1 aliphatic heterocycles. The Balaban J connectivity index is 1.68. The minimum Gasteiger partial charge on any atom is -0.508 e. The lowest BCUT2D eigenvalue weighted by molar-refractivity contribution is -0.297. The molecule has 36 heavy (non-hydrogen) atoms. The molecule has 0 amide bonds. The number of carbonyl (C=O) groups excluding carboxylic acids is 1. The van der Waals surface area contributed by atoms with Crippen molar-refractivity contribution in [2.75, 3.05) is 13.2 Å². The maximum absolute atomic E-state index is 13.6. The van der Waals surface area contributed by atoms with E-state index in [4.69, 9.17) is 9.47 Å². The average Bonchev–Trinajstić information content (AvgIpc) is 2.82. The first-order chi connectivity index (χ1) is 16.9. The van der Waals surface area contributed by atoms with E-state index in [1.54, 1.807) is 13.0 Å². The number of hydrogen-bond donors (Lipinski definition) is 7. The topological polar surface area (TPSA) is 177 Å². The van der Waals surface area contributed by atoms with Crippen LogP contribution in [0, 0.1) is 11.3 Å². The van der Waals surface area contributed by atoms with Gasteiger partial charge < -0.3 is 45.2 Å². The van der Waals surface area contributed by atoms with Crippen molar-refractivity contribution in [1.82, 2.24) is 0 Å². The number of fused-ring (bicyclic) bond motifs is 3. The van der Waals surface area contributed by atoms with Crippen LogP contribution in [-0.2, 0) is 26.1 Å². The summed E-state index contributed by atoms with van der Waals surface area (Å²) in [4.78, 5) is 13.6. The molecule has 0 spiro atoms. The van der Waals surface area contributed by atoms with Crippen LogP contribution in [0.25, 0.3) is 0 Å². The molecule has 1 heterocycles. The number of esters is 1. The predicted octanol–water partition coefficient (Wildman–Crippen LogP) is -0.188. The van der Waals surface area contributed by atoms with E-state index in [9.17, 15) is 40.5 Å². The van der Waals surface area contributed by atoms with Crippen molar-refractivity contribution < 1.29 is 50.0 Å². The van der Waals surface area contributed by atoms with E-state index in [1.165, 1.54) is 0 Å². The van der Waals surface area contributed by atoms with E-state index in [0.717, 1.165) is 11.1 Å². The first kappa shape index (κ1) is 27.3. The van der Waals surface area contributed by atoms with Crippen LogP contribution >= 0.6 is 0 Å². The number of hydrogen-bond acceptors (Lipinski definition) is 10. The molecule has 0 unspecified atom stereocenters. The van der Waals surface area contributed by atoms with Gasteiger partial charge in [0.05, 0.1) is 18.1 Å². The first-order valence-electron chi connectivity index (χ1n) is 12.5. The van der Waals surface area contributed by atoms with Crippen LogP contribution in [0.2, 0.25) is 0 Å². The second kappa shape index (κ2) is 9.83. The van der Waals surface area contributed by atoms with Gasteiger partial charge in [-0.3, -0.25) is 4.79 Å². The number of aliphatic hydroxyl groups excluding tert-OH is 6. The van der Waals surface area contributed by atoms with Crippen LogP contribution in [0.4, 0.5) is 0 Å². The number of carbonyl (C=O) groups is 1. The number of phenolic OH excluding ortho intramolecular Hbond substituents is 1. The Kier molecular flexibility index (Phi) is 7.44. The third kappa shape index (κ3) is 4.22. The van der Waals surface area contributed by atoms with Gasteiger partial charge in [0.15, 0.2) is 0 Å². The summed E-state index contributed by atoms with van der Waals surface area (Å²) in [5.41, 5.74) is 0.696. The summed E-state index contributed by atoms with van der Waals surface area (Å²) in [6, 6.07) is 3.42. The highest BCUT2D eigenvalue weighted by Crippen LogP contribution is 2.59. The highest BCUT2D eigenvalue weighted by Gasteiger charge is 2.59. The van der Waals surface area contributed by atoms with E-state index < -0.39 is 60.2 Å². The number of rotatable bonds is 5. The Morgan fingerprint density at radius 1 is 1.11 bits per heavy atom. The lowest BCUT2D eigenvalue weighted by Gasteiger charge is -2.56. The van der Waals surface area contributed by atoms with Crippen LogP contribution in [0.15, 0.2) is 12.1 Å². The van der Waals surface area contributed by atoms with Crippen molar-refractivity contribution in [2.24, 2.45) is 11.3 Å². The molecule has 0 aromatic heterocycles. The molecule has 4 rings (SSSR count). The summed E-state index contributed by atoms with van der Waals surface area (Å²) in [5, 5.41) is 71.2. The Bertz CT molecular complexity index is 982. The molecule has 0 radical (unpaired) electrons. The van der Waals surface area contributed by atoms with Crippen molar-refractivity contribution in [2.45, 2.75) is 94.6 Å². The smallest absolute Gasteiger partial charge is 0.314 e. The SMILES string of the molecule is C[C@H](CO)c1c(O)ccc2c1CC[C@H]1[C@@](C)(C(=O)O[C@@H]3O[C@H](CO)[C@@H](O)[C@H](O)[C@H]3O)C[C@H](O)C[C@]21C. The van der Waals surface area contributed by atoms with Crippen LogP contribution in [0.3, 0.4) is 0 Å². The van der Waals surface area contributed by atoms with Gasteiger partial charge in [-0.1, -0.05) is 19.9 Å². The van der Waals surface area contributed by atoms with E-state index in [1.807, 2.05) is 19.9 Å². The summed E-state index contributed by atoms with van der Waals surface area (Å²) in [7, 11) is 0. The third-order valence-electron chi connectivity index (χ3n) is 8.79. The van der Waals surface area contributed by atoms with Crippen molar-refractivity contribution in [1.29, 1.82) is 0 Å². The van der Waals surface area contributed by atoms with Crippen molar-refractivity contribution in [3.05, 3.63) is 28.8 Å². The highest BCUT2D eigenvalue weighted by molar-refractivity contribution is 5.78. The number of benzene rings is 1. The average molecular weight is 511 g/mol. The molecule has 2 fully saturated rings. The quantitative estimate of drug-likeness (QED) is 0.263. The second-order valence-corrected chi connectivity index (χ2v) is 11.2. The maximum Gasteiger partial charge on any atom is 0.314 e. The maximum atomic E-state index is 13.6. The third-order valence-corrected chi connectivity index (χ3v) is 8.79. The molecule has 10 heteroatoms. The van der Waals surface area contributed by atoms with Gasteiger partial charge in [-0.2, -0.15) is 0 Å². The fourth-order valence-corrected chi connectivity index (χ4v) is 6.99. The number of aliphatic hydroxyl groups is 6. The summed E-state index contributed by atoms with van der Waals surface area (Å²) in [6.07, 6.45) is -6.97. The molecule has 1 aromatic carbocycles. The van der Waals surface area contributed by atoms with Gasteiger partial charge >= 0.3 is 5.97 Å². The zero-order chi connectivity index (χ0) is 26.6. The van der Waals surface area contributed by atoms with Crippen LogP contribution in [0.5, 0.6) is 5.75 Å². The standard InChI is InChI=1S/C26H38O10/c1-12(10-27)19-14-4-7-18-25(2,15(14)5-6-16(19)30)8-13(29)9-26(18,3)24(34)36-23-22(33)21(32)20(31)17(11-28)35-23/h5-6,12-13,17-18,20-23,27-33H,4,7-11H2,1-3H3/t12-,13-,17-,18-,20-,21+,22-,23+,25-,26+/m1/s1. The molecule has 0 bridgehead atoms. The van der Waals surface area contributed by atoms with Gasteiger partial charge in [0.1, 0.15) is 30.2 Å². The first-order valence-corrected chi connectivity index (χ1v) is 12.5. The van der Waals surface area contributed by atoms with E-state index in [2.05, 4.69) is 0 Å². The summed E-state index contributed by atoms with van der Waals surface area (Å²) >= 11 is 0. The van der Waals surface area contributed by atoms with Gasteiger partial charge in [-0.15, -0.1) is 0 Å². The van der Waals surface area contributed by atoms with Gasteiger partial charge in [-0.05, 0) is 61.1 Å².